The van der Waals surface area contributed by atoms with Crippen LogP contribution < -0.4 is 14.8 Å². The lowest BCUT2D eigenvalue weighted by molar-refractivity contribution is -0.133. The molecule has 0 bridgehead atoms. The summed E-state index contributed by atoms with van der Waals surface area (Å²) in [4.78, 5) is 30.8. The summed E-state index contributed by atoms with van der Waals surface area (Å²) in [6, 6.07) is 14.6. The van der Waals surface area contributed by atoms with Gasteiger partial charge in [0.1, 0.15) is 18.0 Å². The van der Waals surface area contributed by atoms with E-state index in [1.807, 2.05) is 62.4 Å². The molecule has 2 aromatic carbocycles. The third kappa shape index (κ3) is 7.27. The van der Waals surface area contributed by atoms with E-state index >= 15 is 0 Å². The van der Waals surface area contributed by atoms with Crippen molar-refractivity contribution in [3.05, 3.63) is 59.7 Å². The van der Waals surface area contributed by atoms with Gasteiger partial charge in [-0.3, -0.25) is 9.69 Å². The molecule has 210 valence electrons. The highest BCUT2D eigenvalue weighted by Crippen LogP contribution is 2.37. The maximum absolute atomic E-state index is 13.9. The van der Waals surface area contributed by atoms with E-state index in [4.69, 9.17) is 19.3 Å². The van der Waals surface area contributed by atoms with Crippen molar-refractivity contribution >= 4 is 17.6 Å². The molecule has 1 fully saturated rings. The summed E-state index contributed by atoms with van der Waals surface area (Å²) >= 11 is 0. The lowest BCUT2D eigenvalue weighted by Crippen LogP contribution is -2.50. The number of methoxy groups -OCH3 is 2. The lowest BCUT2D eigenvalue weighted by atomic mass is 9.97. The first-order valence-electron chi connectivity index (χ1n) is 13.4. The van der Waals surface area contributed by atoms with Crippen LogP contribution in [-0.4, -0.2) is 98.7 Å². The fraction of sp³-hybridized carbons (Fsp3) is 0.483. The summed E-state index contributed by atoms with van der Waals surface area (Å²) in [5, 5.41) is 9.24. The highest BCUT2D eigenvalue weighted by Gasteiger charge is 2.36. The normalized spacial score (nSPS) is 17.6. The zero-order valence-electron chi connectivity index (χ0n) is 23.3. The molecule has 2 aromatic rings. The van der Waals surface area contributed by atoms with E-state index in [1.54, 1.807) is 19.1 Å². The van der Waals surface area contributed by atoms with Crippen molar-refractivity contribution in [1.29, 1.82) is 0 Å². The van der Waals surface area contributed by atoms with Crippen molar-refractivity contribution in [2.24, 2.45) is 5.10 Å². The number of hydrogen-bond donors (Lipinski definition) is 1. The van der Waals surface area contributed by atoms with Crippen LogP contribution in [0.15, 0.2) is 53.6 Å². The van der Waals surface area contributed by atoms with Crippen molar-refractivity contribution in [2.45, 2.75) is 32.4 Å². The number of rotatable bonds is 10. The Balaban J connectivity index is 1.59. The Morgan fingerprint density at radius 2 is 1.79 bits per heavy atom. The number of nitrogens with one attached hydrogen (secondary N) is 1. The van der Waals surface area contributed by atoms with Crippen molar-refractivity contribution in [3.63, 3.8) is 0 Å². The molecular formula is C29H39N5O5. The zero-order chi connectivity index (χ0) is 27.8. The van der Waals surface area contributed by atoms with E-state index in [2.05, 4.69) is 10.2 Å². The van der Waals surface area contributed by atoms with Crippen LogP contribution in [-0.2, 0) is 9.53 Å². The molecule has 4 rings (SSSR count). The highest BCUT2D eigenvalue weighted by molar-refractivity contribution is 6.03. The van der Waals surface area contributed by atoms with E-state index in [0.29, 0.717) is 38.5 Å². The number of nitrogens with zero attached hydrogens (tertiary/aromatic N) is 4. The molecule has 0 radical (unpaired) electrons. The van der Waals surface area contributed by atoms with Gasteiger partial charge in [-0.05, 0) is 49.7 Å². The third-order valence-corrected chi connectivity index (χ3v) is 6.90. The number of amides is 3. The van der Waals surface area contributed by atoms with Crippen molar-refractivity contribution < 1.29 is 23.8 Å². The van der Waals surface area contributed by atoms with E-state index in [0.717, 1.165) is 35.7 Å². The first-order chi connectivity index (χ1) is 18.9. The number of carbonyl (C=O) groups excluding carboxylic acids is 2. The molecule has 2 heterocycles. The van der Waals surface area contributed by atoms with Crippen LogP contribution >= 0.6 is 0 Å². The molecular weight excluding hydrogens is 498 g/mol. The number of para-hydroxylation sites is 1. The first-order valence-corrected chi connectivity index (χ1v) is 13.4. The summed E-state index contributed by atoms with van der Waals surface area (Å²) in [6.45, 7) is 7.78. The highest BCUT2D eigenvalue weighted by atomic mass is 16.5. The van der Waals surface area contributed by atoms with Gasteiger partial charge in [-0.15, -0.1) is 0 Å². The second-order valence-electron chi connectivity index (χ2n) is 9.96. The molecule has 1 saturated heterocycles. The molecule has 0 saturated carbocycles. The molecule has 0 aromatic heterocycles. The monoisotopic (exact) mass is 537 g/mol. The van der Waals surface area contributed by atoms with Gasteiger partial charge in [0.2, 0.25) is 0 Å². The average Bonchev–Trinajstić information content (AvgIpc) is 3.41. The van der Waals surface area contributed by atoms with Crippen LogP contribution in [0.4, 0.5) is 4.79 Å². The Labute approximate surface area is 230 Å². The second-order valence-corrected chi connectivity index (χ2v) is 9.96. The van der Waals surface area contributed by atoms with Gasteiger partial charge in [-0.25, -0.2) is 9.80 Å². The van der Waals surface area contributed by atoms with Crippen molar-refractivity contribution in [2.75, 3.05) is 60.2 Å². The molecule has 1 N–H and O–H groups in total. The predicted molar refractivity (Wildman–Crippen MR) is 149 cm³/mol. The first kappa shape index (κ1) is 28.4. The molecule has 0 aliphatic carbocycles. The number of benzene rings is 2. The van der Waals surface area contributed by atoms with Gasteiger partial charge in [0.15, 0.2) is 0 Å². The third-order valence-electron chi connectivity index (χ3n) is 6.90. The van der Waals surface area contributed by atoms with E-state index in [1.165, 1.54) is 5.01 Å². The van der Waals surface area contributed by atoms with Crippen LogP contribution in [0.5, 0.6) is 11.5 Å². The summed E-state index contributed by atoms with van der Waals surface area (Å²) in [5.74, 6) is 1.18. The summed E-state index contributed by atoms with van der Waals surface area (Å²) in [5.41, 5.74) is 2.56. The SMILES string of the molecule is COc1ccc(C2=NN(C(=O)CN(CCN3CCOCC3)C(=O)NC(C)C)[C@@H](c3ccccc3OC)C2)cc1. The van der Waals surface area contributed by atoms with Crippen LogP contribution in [0, 0.1) is 0 Å². The van der Waals surface area contributed by atoms with E-state index < -0.39 is 0 Å². The molecule has 0 unspecified atom stereocenters. The van der Waals surface area contributed by atoms with Gasteiger partial charge in [0.25, 0.3) is 5.91 Å². The van der Waals surface area contributed by atoms with Crippen molar-refractivity contribution in [1.82, 2.24) is 20.1 Å². The number of hydrogen-bond acceptors (Lipinski definition) is 7. The fourth-order valence-electron chi connectivity index (χ4n) is 4.80. The number of morpholine rings is 1. The van der Waals surface area contributed by atoms with Crippen LogP contribution in [0.1, 0.15) is 37.4 Å². The summed E-state index contributed by atoms with van der Waals surface area (Å²) < 4.78 is 16.4. The van der Waals surface area contributed by atoms with Gasteiger partial charge in [0.05, 0.1) is 39.2 Å². The minimum absolute atomic E-state index is 0.0497. The Morgan fingerprint density at radius 3 is 2.46 bits per heavy atom. The Kier molecular flexibility index (Phi) is 9.78. The topological polar surface area (TPSA) is 95.9 Å². The molecule has 10 nitrogen and oxygen atoms in total. The van der Waals surface area contributed by atoms with Crippen LogP contribution in [0.2, 0.25) is 0 Å². The predicted octanol–water partition coefficient (Wildman–Crippen LogP) is 3.13. The fourth-order valence-corrected chi connectivity index (χ4v) is 4.80. The number of urea groups is 1. The molecule has 2 aliphatic heterocycles. The van der Waals surface area contributed by atoms with Crippen molar-refractivity contribution in [3.8, 4) is 11.5 Å². The average molecular weight is 538 g/mol. The van der Waals surface area contributed by atoms with Crippen LogP contribution in [0.3, 0.4) is 0 Å². The molecule has 39 heavy (non-hydrogen) atoms. The van der Waals surface area contributed by atoms with Crippen LogP contribution in [0.25, 0.3) is 0 Å². The smallest absolute Gasteiger partial charge is 0.318 e. The second kappa shape index (κ2) is 13.4. The number of hydrazone groups is 1. The van der Waals surface area contributed by atoms with Gasteiger partial charge < -0.3 is 24.4 Å². The maximum Gasteiger partial charge on any atom is 0.318 e. The molecule has 2 aliphatic rings. The minimum Gasteiger partial charge on any atom is -0.497 e. The number of ether oxygens (including phenoxy) is 3. The van der Waals surface area contributed by atoms with Gasteiger partial charge >= 0.3 is 6.03 Å². The quantitative estimate of drug-likeness (QED) is 0.500. The lowest BCUT2D eigenvalue weighted by Gasteiger charge is -2.31. The van der Waals surface area contributed by atoms with Gasteiger partial charge in [0, 0.05) is 44.2 Å². The van der Waals surface area contributed by atoms with E-state index in [9.17, 15) is 9.59 Å². The van der Waals surface area contributed by atoms with Gasteiger partial charge in [-0.1, -0.05) is 18.2 Å². The largest absolute Gasteiger partial charge is 0.497 e. The molecule has 1 atom stereocenters. The Hall–Kier alpha value is -3.63. The summed E-state index contributed by atoms with van der Waals surface area (Å²) in [6.07, 6.45) is 0.518. The standard InChI is InChI=1S/C29H39N5O5/c1-21(2)30-29(36)33(14-13-32-15-17-39-18-16-32)20-28(35)34-26(24-7-5-6-8-27(24)38-4)19-25(31-34)22-9-11-23(37-3)12-10-22/h5-12,21,26H,13-20H2,1-4H3,(H,30,36)/t26-/m1/s1. The molecule has 3 amide bonds. The zero-order valence-corrected chi connectivity index (χ0v) is 23.3. The molecule has 0 spiro atoms. The Morgan fingerprint density at radius 1 is 1.08 bits per heavy atom. The molecule has 10 heteroatoms. The Bertz CT molecular complexity index is 1150. The van der Waals surface area contributed by atoms with E-state index in [-0.39, 0.29) is 30.6 Å². The van der Waals surface area contributed by atoms with Gasteiger partial charge in [-0.2, -0.15) is 5.10 Å². The minimum atomic E-state index is -0.361. The maximum atomic E-state index is 13.9. The number of carbonyl (C=O) groups is 2. The summed E-state index contributed by atoms with van der Waals surface area (Å²) in [7, 11) is 3.25.